The summed E-state index contributed by atoms with van der Waals surface area (Å²) in [4.78, 5) is 2.40. The van der Waals surface area contributed by atoms with Crippen LogP contribution in [0, 0.1) is 5.92 Å². The van der Waals surface area contributed by atoms with Crippen LogP contribution in [0.1, 0.15) is 24.0 Å². The number of sulfonamides is 1. The molecule has 0 amide bonds. The summed E-state index contributed by atoms with van der Waals surface area (Å²) in [6.45, 7) is 3.20. The van der Waals surface area contributed by atoms with Crippen molar-refractivity contribution in [2.24, 2.45) is 5.92 Å². The Labute approximate surface area is 178 Å². The lowest BCUT2D eigenvalue weighted by molar-refractivity contribution is 0.169. The first kappa shape index (κ1) is 20.8. The first-order valence-corrected chi connectivity index (χ1v) is 12.1. The summed E-state index contributed by atoms with van der Waals surface area (Å²) in [5.74, 6) is 0.344. The molecule has 4 rings (SSSR count). The smallest absolute Gasteiger partial charge is 0.215 e. The van der Waals surface area contributed by atoms with Crippen molar-refractivity contribution >= 4 is 10.0 Å². The molecule has 2 N–H and O–H groups in total. The van der Waals surface area contributed by atoms with E-state index in [0.717, 1.165) is 49.3 Å². The molecular formula is C23H28N4O2S. The molecule has 0 bridgehead atoms. The van der Waals surface area contributed by atoms with Crippen LogP contribution < -0.4 is 4.72 Å². The molecule has 2 aromatic carbocycles. The topological polar surface area (TPSA) is 78.1 Å². The predicted molar refractivity (Wildman–Crippen MR) is 119 cm³/mol. The number of hydrogen-bond donors (Lipinski definition) is 2. The molecule has 0 radical (unpaired) electrons. The summed E-state index contributed by atoms with van der Waals surface area (Å²) < 4.78 is 27.7. The second-order valence-electron chi connectivity index (χ2n) is 7.97. The van der Waals surface area contributed by atoms with Gasteiger partial charge in [-0.3, -0.25) is 10.00 Å². The summed E-state index contributed by atoms with van der Waals surface area (Å²) in [6.07, 6.45) is 4.01. The van der Waals surface area contributed by atoms with E-state index in [2.05, 4.69) is 32.0 Å². The van der Waals surface area contributed by atoms with Crippen LogP contribution in [0.3, 0.4) is 0 Å². The standard InChI is InChI=1S/C23H28N4O2S/c28-30(29,18-19-8-3-1-4-9-19)25-14-20-10-7-13-27(16-20)17-22-15-24-26-23(22)21-11-5-2-6-12-21/h1-6,8-9,11-12,15,20,25H,7,10,13-14,16-18H2,(H,24,26). The highest BCUT2D eigenvalue weighted by molar-refractivity contribution is 7.88. The zero-order valence-corrected chi connectivity index (χ0v) is 17.8. The van der Waals surface area contributed by atoms with Gasteiger partial charge in [0.15, 0.2) is 0 Å². The van der Waals surface area contributed by atoms with Gasteiger partial charge in [0.25, 0.3) is 0 Å². The Morgan fingerprint density at radius 3 is 2.57 bits per heavy atom. The van der Waals surface area contributed by atoms with Gasteiger partial charge in [0.2, 0.25) is 10.0 Å². The lowest BCUT2D eigenvalue weighted by Crippen LogP contribution is -2.40. The zero-order valence-electron chi connectivity index (χ0n) is 17.0. The largest absolute Gasteiger partial charge is 0.299 e. The van der Waals surface area contributed by atoms with Gasteiger partial charge in [-0.1, -0.05) is 60.7 Å². The maximum Gasteiger partial charge on any atom is 0.215 e. The number of benzene rings is 2. The molecule has 1 fully saturated rings. The number of aromatic nitrogens is 2. The third-order valence-corrected chi connectivity index (χ3v) is 6.89. The third-order valence-electron chi connectivity index (χ3n) is 5.57. The van der Waals surface area contributed by atoms with E-state index in [1.54, 1.807) is 0 Å². The molecule has 7 heteroatoms. The van der Waals surface area contributed by atoms with E-state index in [0.29, 0.717) is 12.5 Å². The lowest BCUT2D eigenvalue weighted by atomic mass is 9.97. The molecule has 1 saturated heterocycles. The third kappa shape index (κ3) is 5.56. The molecule has 30 heavy (non-hydrogen) atoms. The fraction of sp³-hybridized carbons (Fsp3) is 0.348. The minimum Gasteiger partial charge on any atom is -0.299 e. The Balaban J connectivity index is 1.33. The molecular weight excluding hydrogens is 396 g/mol. The van der Waals surface area contributed by atoms with Crippen molar-refractivity contribution in [3.05, 3.63) is 78.0 Å². The fourth-order valence-electron chi connectivity index (χ4n) is 4.08. The Bertz CT molecular complexity index is 1040. The van der Waals surface area contributed by atoms with Crippen molar-refractivity contribution in [2.75, 3.05) is 19.6 Å². The average Bonchev–Trinajstić information content (AvgIpc) is 3.22. The maximum atomic E-state index is 12.4. The normalized spacial score (nSPS) is 17.8. The lowest BCUT2D eigenvalue weighted by Gasteiger charge is -2.32. The molecule has 1 aliphatic rings. The molecule has 1 unspecified atom stereocenters. The monoisotopic (exact) mass is 424 g/mol. The Kier molecular flexibility index (Phi) is 6.62. The number of nitrogens with zero attached hydrogens (tertiary/aromatic N) is 2. The SMILES string of the molecule is O=S(=O)(Cc1ccccc1)NCC1CCCN(Cc2cn[nH]c2-c2ccccc2)C1. The zero-order chi connectivity index (χ0) is 20.8. The number of aromatic amines is 1. The second kappa shape index (κ2) is 9.55. The highest BCUT2D eigenvalue weighted by Gasteiger charge is 2.23. The van der Waals surface area contributed by atoms with Crippen molar-refractivity contribution < 1.29 is 8.42 Å². The Morgan fingerprint density at radius 2 is 1.80 bits per heavy atom. The first-order valence-electron chi connectivity index (χ1n) is 10.4. The van der Waals surface area contributed by atoms with Crippen LogP contribution >= 0.6 is 0 Å². The highest BCUT2D eigenvalue weighted by atomic mass is 32.2. The molecule has 2 heterocycles. The van der Waals surface area contributed by atoms with Crippen molar-refractivity contribution in [2.45, 2.75) is 25.1 Å². The highest BCUT2D eigenvalue weighted by Crippen LogP contribution is 2.24. The molecule has 0 saturated carbocycles. The number of piperidine rings is 1. The molecule has 0 aliphatic carbocycles. The minimum atomic E-state index is -3.33. The number of likely N-dealkylation sites (tertiary alicyclic amines) is 1. The van der Waals surface area contributed by atoms with Gasteiger partial charge in [-0.05, 0) is 36.4 Å². The van der Waals surface area contributed by atoms with Gasteiger partial charge < -0.3 is 0 Å². The average molecular weight is 425 g/mol. The van der Waals surface area contributed by atoms with Gasteiger partial charge in [-0.2, -0.15) is 5.10 Å². The summed E-state index contributed by atoms with van der Waals surface area (Å²) in [5, 5.41) is 7.37. The Morgan fingerprint density at radius 1 is 1.07 bits per heavy atom. The van der Waals surface area contributed by atoms with E-state index in [1.165, 1.54) is 5.56 Å². The van der Waals surface area contributed by atoms with Gasteiger partial charge in [-0.25, -0.2) is 13.1 Å². The molecule has 1 atom stereocenters. The van der Waals surface area contributed by atoms with Crippen molar-refractivity contribution in [1.82, 2.24) is 19.8 Å². The first-order chi connectivity index (χ1) is 14.6. The van der Waals surface area contributed by atoms with Gasteiger partial charge in [0.05, 0.1) is 17.6 Å². The molecule has 1 aromatic heterocycles. The van der Waals surface area contributed by atoms with Crippen LogP contribution in [0.15, 0.2) is 66.9 Å². The molecule has 3 aromatic rings. The van der Waals surface area contributed by atoms with E-state index in [4.69, 9.17) is 0 Å². The van der Waals surface area contributed by atoms with E-state index in [9.17, 15) is 8.42 Å². The summed E-state index contributed by atoms with van der Waals surface area (Å²) >= 11 is 0. The van der Waals surface area contributed by atoms with E-state index >= 15 is 0 Å². The molecule has 6 nitrogen and oxygen atoms in total. The van der Waals surface area contributed by atoms with Gasteiger partial charge in [-0.15, -0.1) is 0 Å². The van der Waals surface area contributed by atoms with Crippen LogP contribution in [0.4, 0.5) is 0 Å². The van der Waals surface area contributed by atoms with Crippen LogP contribution in [-0.4, -0.2) is 43.1 Å². The second-order valence-corrected chi connectivity index (χ2v) is 9.78. The number of rotatable bonds is 8. The molecule has 0 spiro atoms. The fourth-order valence-corrected chi connectivity index (χ4v) is 5.30. The molecule has 1 aliphatic heterocycles. The van der Waals surface area contributed by atoms with Gasteiger partial charge >= 0.3 is 0 Å². The van der Waals surface area contributed by atoms with Gasteiger partial charge in [0, 0.05) is 25.2 Å². The Hall–Kier alpha value is -2.48. The van der Waals surface area contributed by atoms with E-state index in [1.807, 2.05) is 54.7 Å². The van der Waals surface area contributed by atoms with Crippen molar-refractivity contribution in [3.8, 4) is 11.3 Å². The van der Waals surface area contributed by atoms with Crippen molar-refractivity contribution in [1.29, 1.82) is 0 Å². The molecule has 158 valence electrons. The summed E-state index contributed by atoms with van der Waals surface area (Å²) in [6, 6.07) is 19.5. The quantitative estimate of drug-likeness (QED) is 0.581. The van der Waals surface area contributed by atoms with Crippen molar-refractivity contribution in [3.63, 3.8) is 0 Å². The maximum absolute atomic E-state index is 12.4. The van der Waals surface area contributed by atoms with Gasteiger partial charge in [0.1, 0.15) is 0 Å². The number of hydrogen-bond acceptors (Lipinski definition) is 4. The minimum absolute atomic E-state index is 0.0275. The van der Waals surface area contributed by atoms with E-state index < -0.39 is 10.0 Å². The number of H-pyrrole nitrogens is 1. The van der Waals surface area contributed by atoms with E-state index in [-0.39, 0.29) is 5.75 Å². The van der Waals surface area contributed by atoms with Crippen LogP contribution in [0.25, 0.3) is 11.3 Å². The summed E-state index contributed by atoms with van der Waals surface area (Å²) in [5.41, 5.74) is 4.17. The van der Waals surface area contributed by atoms with Crippen LogP contribution in [0.2, 0.25) is 0 Å². The predicted octanol–water partition coefficient (Wildman–Crippen LogP) is 3.41. The summed E-state index contributed by atoms with van der Waals surface area (Å²) in [7, 11) is -3.33. The van der Waals surface area contributed by atoms with Crippen LogP contribution in [-0.2, 0) is 22.3 Å². The van der Waals surface area contributed by atoms with Crippen LogP contribution in [0.5, 0.6) is 0 Å². The number of nitrogens with one attached hydrogen (secondary N) is 2.